The molecule has 2 aromatic heterocycles. The fourth-order valence-electron chi connectivity index (χ4n) is 5.95. The molecular formula is C27H24ClF3N6O2S. The largest absolute Gasteiger partial charge is 0.461 e. The third-order valence-corrected chi connectivity index (χ3v) is 9.02. The lowest BCUT2D eigenvalue weighted by Crippen LogP contribution is -2.43. The summed E-state index contributed by atoms with van der Waals surface area (Å²) in [5.74, 6) is -1.22. The van der Waals surface area contributed by atoms with Crippen LogP contribution in [0.2, 0.25) is 5.02 Å². The number of ether oxygens (including phenoxy) is 1. The van der Waals surface area contributed by atoms with Crippen LogP contribution in [0.1, 0.15) is 24.8 Å². The molecular weight excluding hydrogens is 565 g/mol. The molecule has 0 radical (unpaired) electrons. The van der Waals surface area contributed by atoms with Crippen LogP contribution in [0.3, 0.4) is 0 Å². The van der Waals surface area contributed by atoms with Gasteiger partial charge >= 0.3 is 6.01 Å². The van der Waals surface area contributed by atoms with Gasteiger partial charge in [-0.1, -0.05) is 17.7 Å². The lowest BCUT2D eigenvalue weighted by atomic mass is 9.95. The molecule has 13 heteroatoms. The van der Waals surface area contributed by atoms with Crippen molar-refractivity contribution in [3.05, 3.63) is 40.4 Å². The molecule has 4 N–H and O–H groups in total. The molecule has 2 atom stereocenters. The Labute approximate surface area is 236 Å². The number of aliphatic hydroxyl groups excluding tert-OH is 1. The standard InChI is InChI=1S/C27H24ClF3N6O2S/c28-17-8-15-22(21(31)20(17)14-2-3-18(30)23-19(14)16(10-32)24(33)40-23)35-26(36-25(15)34-5-7-38)39-12-27-4-1-6-37(27)11-13(29)9-27/h2-3,8,13,38H,1,4-7,9,11-12,33H2,(H,34,35,36)/t13-,27+/m1/s1. The molecule has 2 saturated heterocycles. The Bertz CT molecular complexity index is 1700. The summed E-state index contributed by atoms with van der Waals surface area (Å²) in [5, 5.41) is 22.5. The molecule has 2 aliphatic heterocycles. The molecule has 0 spiro atoms. The topological polar surface area (TPSA) is 120 Å². The van der Waals surface area contributed by atoms with E-state index in [-0.39, 0.29) is 79.3 Å². The fraction of sp³-hybridized carbons (Fsp3) is 0.370. The van der Waals surface area contributed by atoms with Gasteiger partial charge in [-0.15, -0.1) is 11.3 Å². The van der Waals surface area contributed by atoms with Gasteiger partial charge in [0.1, 0.15) is 41.0 Å². The van der Waals surface area contributed by atoms with Gasteiger partial charge in [0.2, 0.25) is 0 Å². The van der Waals surface area contributed by atoms with Crippen molar-refractivity contribution in [3.63, 3.8) is 0 Å². The predicted octanol–water partition coefficient (Wildman–Crippen LogP) is 5.26. The third kappa shape index (κ3) is 4.28. The number of fused-ring (bicyclic) bond motifs is 3. The summed E-state index contributed by atoms with van der Waals surface area (Å²) in [5.41, 5.74) is 5.52. The van der Waals surface area contributed by atoms with Gasteiger partial charge in [0, 0.05) is 35.8 Å². The number of nitriles is 1. The number of rotatable bonds is 7. The quantitative estimate of drug-likeness (QED) is 0.268. The highest BCUT2D eigenvalue weighted by molar-refractivity contribution is 7.23. The number of hydrogen-bond donors (Lipinski definition) is 3. The van der Waals surface area contributed by atoms with Gasteiger partial charge in [0.15, 0.2) is 5.82 Å². The van der Waals surface area contributed by atoms with Gasteiger partial charge in [-0.2, -0.15) is 15.2 Å². The van der Waals surface area contributed by atoms with Crippen LogP contribution < -0.4 is 15.8 Å². The lowest BCUT2D eigenvalue weighted by molar-refractivity contribution is 0.107. The number of thiophene rings is 1. The monoisotopic (exact) mass is 588 g/mol. The van der Waals surface area contributed by atoms with Gasteiger partial charge in [0.25, 0.3) is 0 Å². The van der Waals surface area contributed by atoms with Gasteiger partial charge in [-0.3, -0.25) is 4.90 Å². The molecule has 0 amide bonds. The molecule has 2 aliphatic rings. The van der Waals surface area contributed by atoms with Crippen LogP contribution >= 0.6 is 22.9 Å². The zero-order chi connectivity index (χ0) is 28.2. The van der Waals surface area contributed by atoms with Crippen LogP contribution in [0.5, 0.6) is 6.01 Å². The number of hydrogen-bond acceptors (Lipinski definition) is 9. The molecule has 0 unspecified atom stereocenters. The number of halogens is 4. The molecule has 40 heavy (non-hydrogen) atoms. The number of alkyl halides is 1. The normalized spacial score (nSPS) is 20.8. The Morgan fingerprint density at radius 1 is 1.35 bits per heavy atom. The van der Waals surface area contributed by atoms with Crippen molar-refractivity contribution in [1.29, 1.82) is 5.26 Å². The first-order valence-electron chi connectivity index (χ1n) is 12.7. The predicted molar refractivity (Wildman–Crippen MR) is 149 cm³/mol. The van der Waals surface area contributed by atoms with Crippen molar-refractivity contribution >= 4 is 54.7 Å². The maximum absolute atomic E-state index is 16.4. The van der Waals surface area contributed by atoms with Crippen LogP contribution in [-0.2, 0) is 0 Å². The Balaban J connectivity index is 1.49. The number of nitrogens with two attached hydrogens (primary N) is 1. The van der Waals surface area contributed by atoms with Crippen LogP contribution in [0.15, 0.2) is 18.2 Å². The molecule has 4 heterocycles. The summed E-state index contributed by atoms with van der Waals surface area (Å²) in [6.45, 7) is 1.18. The van der Waals surface area contributed by atoms with Crippen molar-refractivity contribution < 1.29 is 23.0 Å². The number of nitrogens with zero attached hydrogens (tertiary/aromatic N) is 4. The van der Waals surface area contributed by atoms with Gasteiger partial charge in [-0.25, -0.2) is 13.2 Å². The maximum atomic E-state index is 16.4. The zero-order valence-electron chi connectivity index (χ0n) is 21.1. The molecule has 2 fully saturated rings. The summed E-state index contributed by atoms with van der Waals surface area (Å²) < 4.78 is 51.4. The van der Waals surface area contributed by atoms with Gasteiger partial charge in [0.05, 0.1) is 27.4 Å². The van der Waals surface area contributed by atoms with E-state index in [0.29, 0.717) is 13.0 Å². The van der Waals surface area contributed by atoms with E-state index in [4.69, 9.17) is 22.1 Å². The summed E-state index contributed by atoms with van der Waals surface area (Å²) >= 11 is 7.50. The van der Waals surface area contributed by atoms with E-state index in [1.54, 1.807) is 0 Å². The fourth-order valence-corrected chi connectivity index (χ4v) is 7.20. The lowest BCUT2D eigenvalue weighted by Gasteiger charge is -2.30. The number of aromatic nitrogens is 2. The number of nitrogens with one attached hydrogen (secondary N) is 1. The second-order valence-electron chi connectivity index (χ2n) is 10.1. The Hall–Kier alpha value is -3.37. The average molecular weight is 589 g/mol. The summed E-state index contributed by atoms with van der Waals surface area (Å²) in [6.07, 6.45) is 1.10. The molecule has 6 rings (SSSR count). The molecule has 0 bridgehead atoms. The minimum absolute atomic E-state index is 0.0173. The average Bonchev–Trinajstić information content (AvgIpc) is 3.57. The second kappa shape index (κ2) is 10.2. The van der Waals surface area contributed by atoms with Crippen molar-refractivity contribution in [2.45, 2.75) is 31.0 Å². The third-order valence-electron chi connectivity index (χ3n) is 7.70. The Morgan fingerprint density at radius 3 is 2.95 bits per heavy atom. The van der Waals surface area contributed by atoms with E-state index in [1.807, 2.05) is 6.07 Å². The van der Waals surface area contributed by atoms with Crippen molar-refractivity contribution in [1.82, 2.24) is 14.9 Å². The van der Waals surface area contributed by atoms with E-state index in [9.17, 15) is 19.1 Å². The molecule has 0 saturated carbocycles. The van der Waals surface area contributed by atoms with E-state index in [2.05, 4.69) is 20.2 Å². The van der Waals surface area contributed by atoms with E-state index in [1.165, 1.54) is 18.2 Å². The van der Waals surface area contributed by atoms with Crippen LogP contribution in [0.25, 0.3) is 32.1 Å². The molecule has 4 aromatic rings. The molecule has 208 valence electrons. The molecule has 0 aliphatic carbocycles. The zero-order valence-corrected chi connectivity index (χ0v) is 22.7. The number of aliphatic hydroxyl groups is 1. The van der Waals surface area contributed by atoms with E-state index >= 15 is 4.39 Å². The van der Waals surface area contributed by atoms with E-state index < -0.39 is 23.3 Å². The van der Waals surface area contributed by atoms with Gasteiger partial charge < -0.3 is 20.9 Å². The number of nitrogen functional groups attached to an aromatic ring is 1. The van der Waals surface area contributed by atoms with Gasteiger partial charge in [-0.05, 0) is 37.1 Å². The first kappa shape index (κ1) is 26.8. The molecule has 8 nitrogen and oxygen atoms in total. The Morgan fingerprint density at radius 2 is 2.17 bits per heavy atom. The van der Waals surface area contributed by atoms with E-state index in [0.717, 1.165) is 30.7 Å². The van der Waals surface area contributed by atoms with Crippen LogP contribution in [0.4, 0.5) is 24.0 Å². The number of benzene rings is 2. The minimum Gasteiger partial charge on any atom is -0.461 e. The second-order valence-corrected chi connectivity index (χ2v) is 11.5. The van der Waals surface area contributed by atoms with Crippen LogP contribution in [0, 0.1) is 23.0 Å². The summed E-state index contributed by atoms with van der Waals surface area (Å²) in [4.78, 5) is 10.9. The maximum Gasteiger partial charge on any atom is 0.319 e. The summed E-state index contributed by atoms with van der Waals surface area (Å²) in [6, 6.07) is 5.85. The van der Waals surface area contributed by atoms with Crippen LogP contribution in [-0.4, -0.2) is 64.5 Å². The smallest absolute Gasteiger partial charge is 0.319 e. The van der Waals surface area contributed by atoms with Crippen molar-refractivity contribution in [2.75, 3.05) is 43.9 Å². The number of anilines is 2. The van der Waals surface area contributed by atoms with Crippen molar-refractivity contribution in [2.24, 2.45) is 0 Å². The highest BCUT2D eigenvalue weighted by Gasteiger charge is 2.49. The molecule has 2 aromatic carbocycles. The highest BCUT2D eigenvalue weighted by Crippen LogP contribution is 2.45. The van der Waals surface area contributed by atoms with Crippen molar-refractivity contribution in [3.8, 4) is 23.2 Å². The summed E-state index contributed by atoms with van der Waals surface area (Å²) in [7, 11) is 0. The SMILES string of the molecule is N#Cc1c(N)sc2c(F)ccc(-c3c(Cl)cc4c(NCCO)nc(OC[C@@]56CCCN5C[C@H](F)C6)nc4c3F)c12. The highest BCUT2D eigenvalue weighted by atomic mass is 35.5. The first-order chi connectivity index (χ1) is 19.3. The Kier molecular flexibility index (Phi) is 6.86. The first-order valence-corrected chi connectivity index (χ1v) is 13.9. The minimum atomic E-state index is -0.942.